The van der Waals surface area contributed by atoms with Crippen molar-refractivity contribution in [3.05, 3.63) is 36.8 Å². The van der Waals surface area contributed by atoms with Gasteiger partial charge in [-0.15, -0.1) is 0 Å². The number of rotatable bonds is 5. The fourth-order valence-electron chi connectivity index (χ4n) is 3.86. The van der Waals surface area contributed by atoms with Gasteiger partial charge in [-0.25, -0.2) is 15.0 Å². The molecule has 1 N–H and O–H groups in total. The highest BCUT2D eigenvalue weighted by molar-refractivity contribution is 5.40. The molecule has 0 amide bonds. The van der Waals surface area contributed by atoms with Crippen LogP contribution in [0.5, 0.6) is 0 Å². The SMILES string of the molecule is CO[C@@H]1C[C@H](CNC2CCCn3ccnc32)N(c2ccncn2)C1. The van der Waals surface area contributed by atoms with Gasteiger partial charge in [0.25, 0.3) is 0 Å². The first kappa shape index (κ1) is 15.5. The highest BCUT2D eigenvalue weighted by Gasteiger charge is 2.33. The van der Waals surface area contributed by atoms with Crippen LogP contribution < -0.4 is 10.2 Å². The van der Waals surface area contributed by atoms with Gasteiger partial charge in [0.2, 0.25) is 0 Å². The Morgan fingerprint density at radius 2 is 2.29 bits per heavy atom. The molecule has 24 heavy (non-hydrogen) atoms. The van der Waals surface area contributed by atoms with Crippen molar-refractivity contribution >= 4 is 5.82 Å². The molecule has 2 aliphatic rings. The number of nitrogens with zero attached hydrogens (tertiary/aromatic N) is 5. The van der Waals surface area contributed by atoms with Gasteiger partial charge in [-0.1, -0.05) is 0 Å². The number of methoxy groups -OCH3 is 1. The molecule has 0 saturated carbocycles. The van der Waals surface area contributed by atoms with Gasteiger partial charge in [-0.3, -0.25) is 0 Å². The molecule has 1 saturated heterocycles. The number of anilines is 1. The van der Waals surface area contributed by atoms with E-state index in [0.29, 0.717) is 12.1 Å². The first-order chi connectivity index (χ1) is 11.8. The van der Waals surface area contributed by atoms with Crippen molar-refractivity contribution in [3.8, 4) is 0 Å². The molecule has 0 spiro atoms. The van der Waals surface area contributed by atoms with E-state index in [1.165, 1.54) is 6.42 Å². The van der Waals surface area contributed by atoms with E-state index in [1.54, 1.807) is 19.6 Å². The van der Waals surface area contributed by atoms with Gasteiger partial charge >= 0.3 is 0 Å². The number of hydrogen-bond donors (Lipinski definition) is 1. The Morgan fingerprint density at radius 1 is 1.33 bits per heavy atom. The van der Waals surface area contributed by atoms with E-state index >= 15 is 0 Å². The monoisotopic (exact) mass is 328 g/mol. The van der Waals surface area contributed by atoms with Gasteiger partial charge in [-0.05, 0) is 25.3 Å². The molecule has 0 aromatic carbocycles. The van der Waals surface area contributed by atoms with Crippen LogP contribution in [0.2, 0.25) is 0 Å². The maximum absolute atomic E-state index is 5.60. The number of fused-ring (bicyclic) bond motifs is 1. The minimum absolute atomic E-state index is 0.250. The molecule has 3 atom stereocenters. The first-order valence-corrected chi connectivity index (χ1v) is 8.65. The van der Waals surface area contributed by atoms with Crippen molar-refractivity contribution in [2.24, 2.45) is 0 Å². The fraction of sp³-hybridized carbons (Fsp3) is 0.588. The maximum Gasteiger partial charge on any atom is 0.132 e. The summed E-state index contributed by atoms with van der Waals surface area (Å²) in [5.41, 5.74) is 0. The summed E-state index contributed by atoms with van der Waals surface area (Å²) in [4.78, 5) is 15.3. The predicted molar refractivity (Wildman–Crippen MR) is 90.8 cm³/mol. The zero-order valence-electron chi connectivity index (χ0n) is 14.0. The molecule has 2 aliphatic heterocycles. The average Bonchev–Trinajstić information content (AvgIpc) is 3.27. The zero-order valence-corrected chi connectivity index (χ0v) is 14.0. The van der Waals surface area contributed by atoms with Crippen LogP contribution in [0.15, 0.2) is 31.0 Å². The number of nitrogens with one attached hydrogen (secondary N) is 1. The molecule has 128 valence electrons. The summed E-state index contributed by atoms with van der Waals surface area (Å²) in [6.45, 7) is 2.86. The van der Waals surface area contributed by atoms with E-state index in [-0.39, 0.29) is 6.10 Å². The summed E-state index contributed by atoms with van der Waals surface area (Å²) in [5.74, 6) is 2.14. The van der Waals surface area contributed by atoms with Crippen molar-refractivity contribution in [3.63, 3.8) is 0 Å². The van der Waals surface area contributed by atoms with Gasteiger partial charge in [0, 0.05) is 51.4 Å². The summed E-state index contributed by atoms with van der Waals surface area (Å²) >= 11 is 0. The van der Waals surface area contributed by atoms with Crippen LogP contribution >= 0.6 is 0 Å². The van der Waals surface area contributed by atoms with Crippen LogP contribution in [-0.2, 0) is 11.3 Å². The number of ether oxygens (including phenoxy) is 1. The normalized spacial score (nSPS) is 26.5. The van der Waals surface area contributed by atoms with Crippen LogP contribution in [0.4, 0.5) is 5.82 Å². The lowest BCUT2D eigenvalue weighted by Gasteiger charge is -2.29. The molecule has 2 aromatic heterocycles. The third-order valence-electron chi connectivity index (χ3n) is 5.12. The smallest absolute Gasteiger partial charge is 0.132 e. The molecule has 1 unspecified atom stereocenters. The van der Waals surface area contributed by atoms with Gasteiger partial charge in [-0.2, -0.15) is 0 Å². The minimum atomic E-state index is 0.250. The third-order valence-corrected chi connectivity index (χ3v) is 5.12. The quantitative estimate of drug-likeness (QED) is 0.895. The molecule has 1 fully saturated rings. The molecule has 0 radical (unpaired) electrons. The van der Waals surface area contributed by atoms with Gasteiger partial charge in [0.05, 0.1) is 12.1 Å². The van der Waals surface area contributed by atoms with E-state index in [1.807, 2.05) is 12.3 Å². The summed E-state index contributed by atoms with van der Waals surface area (Å²) in [7, 11) is 1.79. The van der Waals surface area contributed by atoms with E-state index in [4.69, 9.17) is 4.74 Å². The van der Waals surface area contributed by atoms with Crippen molar-refractivity contribution in [2.75, 3.05) is 25.1 Å². The van der Waals surface area contributed by atoms with Gasteiger partial charge in [0.15, 0.2) is 0 Å². The average molecular weight is 328 g/mol. The Balaban J connectivity index is 1.45. The second kappa shape index (κ2) is 6.86. The van der Waals surface area contributed by atoms with E-state index in [0.717, 1.165) is 44.1 Å². The fourth-order valence-corrected chi connectivity index (χ4v) is 3.86. The molecular formula is C17H24N6O. The van der Waals surface area contributed by atoms with E-state index < -0.39 is 0 Å². The molecule has 4 heterocycles. The van der Waals surface area contributed by atoms with Crippen molar-refractivity contribution in [2.45, 2.75) is 44.0 Å². The van der Waals surface area contributed by atoms with E-state index in [2.05, 4.69) is 35.9 Å². The summed E-state index contributed by atoms with van der Waals surface area (Å²) in [5, 5.41) is 3.73. The van der Waals surface area contributed by atoms with Crippen LogP contribution in [0, 0.1) is 0 Å². The van der Waals surface area contributed by atoms with Gasteiger partial charge < -0.3 is 19.5 Å². The van der Waals surface area contributed by atoms with Crippen LogP contribution in [0.25, 0.3) is 0 Å². The maximum atomic E-state index is 5.60. The third kappa shape index (κ3) is 3.01. The number of aromatic nitrogens is 4. The Kier molecular flexibility index (Phi) is 4.44. The predicted octanol–water partition coefficient (Wildman–Crippen LogP) is 1.39. The molecule has 7 heteroatoms. The summed E-state index contributed by atoms with van der Waals surface area (Å²) in [6.07, 6.45) is 11.0. The molecule has 7 nitrogen and oxygen atoms in total. The van der Waals surface area contributed by atoms with Crippen molar-refractivity contribution in [1.29, 1.82) is 0 Å². The van der Waals surface area contributed by atoms with Crippen molar-refractivity contribution < 1.29 is 4.74 Å². The number of imidazole rings is 1. The largest absolute Gasteiger partial charge is 0.380 e. The number of aryl methyl sites for hydroxylation is 1. The van der Waals surface area contributed by atoms with E-state index in [9.17, 15) is 0 Å². The minimum Gasteiger partial charge on any atom is -0.380 e. The lowest BCUT2D eigenvalue weighted by Crippen LogP contribution is -2.41. The second-order valence-corrected chi connectivity index (χ2v) is 6.55. The second-order valence-electron chi connectivity index (χ2n) is 6.55. The highest BCUT2D eigenvalue weighted by atomic mass is 16.5. The standard InChI is InChI=1S/C17H24N6O/c1-24-14-9-13(23(11-14)16-4-5-18-12-21-16)10-20-15-3-2-7-22-8-6-19-17(15)22/h4-6,8,12-15,20H,2-3,7,9-11H2,1H3/t13-,14-,15?/m1/s1. The Hall–Kier alpha value is -1.99. The lowest BCUT2D eigenvalue weighted by atomic mass is 10.1. The molecule has 0 aliphatic carbocycles. The first-order valence-electron chi connectivity index (χ1n) is 8.65. The molecule has 2 aromatic rings. The highest BCUT2D eigenvalue weighted by Crippen LogP contribution is 2.27. The molecule has 0 bridgehead atoms. The van der Waals surface area contributed by atoms with Gasteiger partial charge in [0.1, 0.15) is 18.0 Å². The Labute approximate surface area is 142 Å². The topological polar surface area (TPSA) is 68.1 Å². The lowest BCUT2D eigenvalue weighted by molar-refractivity contribution is 0.118. The summed E-state index contributed by atoms with van der Waals surface area (Å²) in [6, 6.07) is 2.68. The molecular weight excluding hydrogens is 304 g/mol. The van der Waals surface area contributed by atoms with Crippen LogP contribution in [-0.4, -0.2) is 51.9 Å². The zero-order chi connectivity index (χ0) is 16.4. The Morgan fingerprint density at radius 3 is 3.12 bits per heavy atom. The number of hydrogen-bond acceptors (Lipinski definition) is 6. The van der Waals surface area contributed by atoms with Crippen LogP contribution in [0.1, 0.15) is 31.1 Å². The Bertz CT molecular complexity index is 660. The van der Waals surface area contributed by atoms with Crippen LogP contribution in [0.3, 0.4) is 0 Å². The molecule has 4 rings (SSSR count). The van der Waals surface area contributed by atoms with Crippen molar-refractivity contribution in [1.82, 2.24) is 24.8 Å². The summed E-state index contributed by atoms with van der Waals surface area (Å²) < 4.78 is 7.86.